The van der Waals surface area contributed by atoms with Crippen LogP contribution in [-0.2, 0) is 0 Å². The summed E-state index contributed by atoms with van der Waals surface area (Å²) in [6.45, 7) is 10.1. The zero-order valence-corrected chi connectivity index (χ0v) is 7.59. The van der Waals surface area contributed by atoms with Gasteiger partial charge in [0.05, 0.1) is 0 Å². The lowest BCUT2D eigenvalue weighted by atomic mass is 9.77. The molecule has 0 heterocycles. The quantitative estimate of drug-likeness (QED) is 0.490. The van der Waals surface area contributed by atoms with Crippen molar-refractivity contribution in [2.45, 2.75) is 46.7 Å². The molecule has 0 aromatic carbocycles. The van der Waals surface area contributed by atoms with Gasteiger partial charge in [-0.25, -0.2) is 4.39 Å². The SMILES string of the molecule is CC(C)(C)C1(C)CC1(C)F. The van der Waals surface area contributed by atoms with E-state index in [-0.39, 0.29) is 10.8 Å². The van der Waals surface area contributed by atoms with Crippen LogP contribution in [0.5, 0.6) is 0 Å². The van der Waals surface area contributed by atoms with Gasteiger partial charge >= 0.3 is 0 Å². The van der Waals surface area contributed by atoms with E-state index >= 15 is 0 Å². The summed E-state index contributed by atoms with van der Waals surface area (Å²) in [6.07, 6.45) is 0.726. The third kappa shape index (κ3) is 0.792. The summed E-state index contributed by atoms with van der Waals surface area (Å²) in [4.78, 5) is 0. The second-order valence-electron chi connectivity index (χ2n) is 4.96. The predicted octanol–water partition coefficient (Wildman–Crippen LogP) is 3.17. The number of hydrogen-bond acceptors (Lipinski definition) is 0. The van der Waals surface area contributed by atoms with E-state index in [1.54, 1.807) is 6.92 Å². The first kappa shape index (κ1) is 8.03. The molecule has 0 aromatic heterocycles. The van der Waals surface area contributed by atoms with E-state index in [0.717, 1.165) is 6.42 Å². The Labute approximate surface area is 62.8 Å². The molecule has 0 aliphatic heterocycles. The first-order valence-corrected chi connectivity index (χ1v) is 3.90. The highest BCUT2D eigenvalue weighted by Gasteiger charge is 2.67. The summed E-state index contributed by atoms with van der Waals surface area (Å²) in [5.74, 6) is 0. The molecule has 1 saturated carbocycles. The highest BCUT2D eigenvalue weighted by molar-refractivity contribution is 5.16. The molecule has 2 atom stereocenters. The fourth-order valence-corrected chi connectivity index (χ4v) is 1.67. The van der Waals surface area contributed by atoms with Crippen LogP contribution in [0.4, 0.5) is 4.39 Å². The van der Waals surface area contributed by atoms with Crippen LogP contribution in [0.25, 0.3) is 0 Å². The summed E-state index contributed by atoms with van der Waals surface area (Å²) in [6, 6.07) is 0. The van der Waals surface area contributed by atoms with Crippen molar-refractivity contribution in [3.05, 3.63) is 0 Å². The lowest BCUT2D eigenvalue weighted by molar-refractivity contribution is 0.142. The third-order valence-corrected chi connectivity index (χ3v) is 3.37. The van der Waals surface area contributed by atoms with Gasteiger partial charge in [0.15, 0.2) is 0 Å². The second-order valence-corrected chi connectivity index (χ2v) is 4.96. The first-order valence-electron chi connectivity index (χ1n) is 3.90. The van der Waals surface area contributed by atoms with Gasteiger partial charge in [-0.05, 0) is 18.8 Å². The van der Waals surface area contributed by atoms with Gasteiger partial charge in [0.25, 0.3) is 0 Å². The zero-order valence-electron chi connectivity index (χ0n) is 7.59. The molecule has 1 fully saturated rings. The van der Waals surface area contributed by atoms with E-state index < -0.39 is 5.67 Å². The van der Waals surface area contributed by atoms with Crippen molar-refractivity contribution in [2.24, 2.45) is 10.8 Å². The highest BCUT2D eigenvalue weighted by Crippen LogP contribution is 2.67. The van der Waals surface area contributed by atoms with Crippen molar-refractivity contribution < 1.29 is 4.39 Å². The Morgan fingerprint density at radius 1 is 1.20 bits per heavy atom. The van der Waals surface area contributed by atoms with Crippen molar-refractivity contribution in [3.63, 3.8) is 0 Å². The van der Waals surface area contributed by atoms with Gasteiger partial charge in [-0.1, -0.05) is 27.7 Å². The maximum absolute atomic E-state index is 13.3. The lowest BCUT2D eigenvalue weighted by Crippen LogP contribution is -2.25. The van der Waals surface area contributed by atoms with Crippen LogP contribution >= 0.6 is 0 Å². The van der Waals surface area contributed by atoms with Crippen LogP contribution in [-0.4, -0.2) is 5.67 Å². The minimum atomic E-state index is -0.911. The molecule has 0 aromatic rings. The molecule has 1 aliphatic rings. The Balaban J connectivity index is 2.78. The van der Waals surface area contributed by atoms with Crippen molar-refractivity contribution in [1.82, 2.24) is 0 Å². The van der Waals surface area contributed by atoms with Crippen LogP contribution in [0.1, 0.15) is 41.0 Å². The molecule has 1 heteroatoms. The minimum Gasteiger partial charge on any atom is -0.244 e. The smallest absolute Gasteiger partial charge is 0.114 e. The molecule has 0 radical (unpaired) electrons. The van der Waals surface area contributed by atoms with Gasteiger partial charge in [0.2, 0.25) is 0 Å². The third-order valence-electron chi connectivity index (χ3n) is 3.37. The topological polar surface area (TPSA) is 0 Å². The Bertz CT molecular complexity index is 153. The van der Waals surface area contributed by atoms with Crippen molar-refractivity contribution in [3.8, 4) is 0 Å². The van der Waals surface area contributed by atoms with Gasteiger partial charge in [0.1, 0.15) is 5.67 Å². The largest absolute Gasteiger partial charge is 0.244 e. The molecule has 0 nitrogen and oxygen atoms in total. The monoisotopic (exact) mass is 144 g/mol. The molecule has 2 unspecified atom stereocenters. The number of halogens is 1. The summed E-state index contributed by atoms with van der Waals surface area (Å²) < 4.78 is 13.3. The molecular weight excluding hydrogens is 127 g/mol. The second kappa shape index (κ2) is 1.57. The minimum absolute atomic E-state index is 0.0833. The molecular formula is C9H17F. The van der Waals surface area contributed by atoms with Crippen molar-refractivity contribution >= 4 is 0 Å². The van der Waals surface area contributed by atoms with Gasteiger partial charge in [-0.15, -0.1) is 0 Å². The molecule has 1 rings (SSSR count). The van der Waals surface area contributed by atoms with Crippen molar-refractivity contribution in [1.29, 1.82) is 0 Å². The molecule has 0 N–H and O–H groups in total. The number of rotatable bonds is 0. The Kier molecular flexibility index (Phi) is 1.26. The Hall–Kier alpha value is -0.0700. The average Bonchev–Trinajstić information content (AvgIpc) is 2.05. The fourth-order valence-electron chi connectivity index (χ4n) is 1.67. The Morgan fingerprint density at radius 2 is 1.50 bits per heavy atom. The maximum Gasteiger partial charge on any atom is 0.114 e. The van der Waals surface area contributed by atoms with Gasteiger partial charge in [-0.2, -0.15) is 0 Å². The van der Waals surface area contributed by atoms with Crippen LogP contribution in [0, 0.1) is 10.8 Å². The molecule has 60 valence electrons. The van der Waals surface area contributed by atoms with E-state index in [2.05, 4.69) is 20.8 Å². The Morgan fingerprint density at radius 3 is 1.50 bits per heavy atom. The predicted molar refractivity (Wildman–Crippen MR) is 41.7 cm³/mol. The highest BCUT2D eigenvalue weighted by atomic mass is 19.1. The molecule has 1 aliphatic carbocycles. The van der Waals surface area contributed by atoms with E-state index in [1.165, 1.54) is 0 Å². The van der Waals surface area contributed by atoms with Crippen LogP contribution in [0.3, 0.4) is 0 Å². The number of alkyl halides is 1. The molecule has 10 heavy (non-hydrogen) atoms. The van der Waals surface area contributed by atoms with E-state index in [4.69, 9.17) is 0 Å². The van der Waals surface area contributed by atoms with Crippen LogP contribution in [0.2, 0.25) is 0 Å². The van der Waals surface area contributed by atoms with E-state index in [1.807, 2.05) is 6.92 Å². The maximum atomic E-state index is 13.3. The number of hydrogen-bond donors (Lipinski definition) is 0. The summed E-state index contributed by atoms with van der Waals surface area (Å²) in [7, 11) is 0. The van der Waals surface area contributed by atoms with Crippen LogP contribution in [0.15, 0.2) is 0 Å². The van der Waals surface area contributed by atoms with Gasteiger partial charge < -0.3 is 0 Å². The summed E-state index contributed by atoms with van der Waals surface area (Å²) in [5, 5.41) is 0. The standard InChI is InChI=1S/C9H17F/c1-7(2,3)8(4)6-9(8,5)10/h6H2,1-5H3. The van der Waals surface area contributed by atoms with E-state index in [0.29, 0.717) is 0 Å². The zero-order chi connectivity index (χ0) is 8.21. The van der Waals surface area contributed by atoms with Crippen LogP contribution < -0.4 is 0 Å². The summed E-state index contributed by atoms with van der Waals surface area (Å²) >= 11 is 0. The molecule has 0 bridgehead atoms. The van der Waals surface area contributed by atoms with E-state index in [9.17, 15) is 4.39 Å². The van der Waals surface area contributed by atoms with Gasteiger partial charge in [-0.3, -0.25) is 0 Å². The first-order chi connectivity index (χ1) is 4.21. The fraction of sp³-hybridized carbons (Fsp3) is 1.00. The lowest BCUT2D eigenvalue weighted by Gasteiger charge is -2.28. The normalized spacial score (nSPS) is 47.4. The van der Waals surface area contributed by atoms with Crippen molar-refractivity contribution in [2.75, 3.05) is 0 Å². The molecule has 0 spiro atoms. The van der Waals surface area contributed by atoms with Gasteiger partial charge in [0, 0.05) is 5.41 Å². The molecule has 0 saturated heterocycles. The molecule has 0 amide bonds. The average molecular weight is 144 g/mol. The summed E-state index contributed by atoms with van der Waals surface area (Å²) in [5.41, 5.74) is -0.887.